The zero-order valence-corrected chi connectivity index (χ0v) is 15.6. The van der Waals surface area contributed by atoms with Crippen molar-refractivity contribution in [3.8, 4) is 11.3 Å². The SMILES string of the molecule is Cc1ccc2c(CCCCN)c(-c3c(Cl)cccc3Cl)[nH]c2c1C. The number of aryl methyl sites for hydroxylation is 3. The molecule has 2 aromatic carbocycles. The number of hydrogen-bond acceptors (Lipinski definition) is 1. The molecule has 0 atom stereocenters. The Labute approximate surface area is 153 Å². The molecule has 1 aromatic heterocycles. The van der Waals surface area contributed by atoms with Crippen LogP contribution in [0.2, 0.25) is 10.0 Å². The highest BCUT2D eigenvalue weighted by Gasteiger charge is 2.18. The van der Waals surface area contributed by atoms with Gasteiger partial charge >= 0.3 is 0 Å². The van der Waals surface area contributed by atoms with E-state index in [0.29, 0.717) is 16.6 Å². The lowest BCUT2D eigenvalue weighted by Gasteiger charge is -2.09. The largest absolute Gasteiger partial charge is 0.354 e. The summed E-state index contributed by atoms with van der Waals surface area (Å²) >= 11 is 12.9. The summed E-state index contributed by atoms with van der Waals surface area (Å²) in [5, 5.41) is 2.59. The Hall–Kier alpha value is -1.48. The number of halogens is 2. The minimum Gasteiger partial charge on any atom is -0.354 e. The molecular weight excluding hydrogens is 339 g/mol. The summed E-state index contributed by atoms with van der Waals surface area (Å²) in [6, 6.07) is 10.0. The van der Waals surface area contributed by atoms with Crippen molar-refractivity contribution < 1.29 is 0 Å². The number of fused-ring (bicyclic) bond motifs is 1. The summed E-state index contributed by atoms with van der Waals surface area (Å²) in [5.74, 6) is 0. The second-order valence-corrected chi connectivity index (χ2v) is 7.07. The fourth-order valence-electron chi connectivity index (χ4n) is 3.22. The molecule has 0 bridgehead atoms. The molecule has 0 aliphatic rings. The quantitative estimate of drug-likeness (QED) is 0.535. The Morgan fingerprint density at radius 3 is 2.38 bits per heavy atom. The molecule has 3 aromatic rings. The molecule has 4 heteroatoms. The standard InChI is InChI=1S/C20H22Cl2N2/c1-12-9-10-15-14(6-3-4-11-23)20(24-19(15)13(12)2)18-16(21)7-5-8-17(18)22/h5,7-10,24H,3-4,6,11,23H2,1-2H3. The van der Waals surface area contributed by atoms with Crippen molar-refractivity contribution in [2.75, 3.05) is 6.54 Å². The van der Waals surface area contributed by atoms with E-state index in [4.69, 9.17) is 28.9 Å². The number of nitrogens with two attached hydrogens (primary N) is 1. The van der Waals surface area contributed by atoms with Crippen LogP contribution in [-0.4, -0.2) is 11.5 Å². The molecule has 0 fully saturated rings. The molecule has 0 saturated heterocycles. The summed E-state index contributed by atoms with van der Waals surface area (Å²) in [6.07, 6.45) is 3.01. The first kappa shape index (κ1) is 17.3. The Morgan fingerprint density at radius 2 is 1.71 bits per heavy atom. The molecule has 0 saturated carbocycles. The summed E-state index contributed by atoms with van der Waals surface area (Å²) < 4.78 is 0. The maximum Gasteiger partial charge on any atom is 0.0527 e. The third-order valence-electron chi connectivity index (χ3n) is 4.71. The number of unbranched alkanes of at least 4 members (excludes halogenated alkanes) is 1. The van der Waals surface area contributed by atoms with E-state index < -0.39 is 0 Å². The molecular formula is C20H22Cl2N2. The van der Waals surface area contributed by atoms with Gasteiger partial charge in [-0.3, -0.25) is 0 Å². The number of nitrogens with one attached hydrogen (secondary N) is 1. The van der Waals surface area contributed by atoms with Gasteiger partial charge in [0.15, 0.2) is 0 Å². The van der Waals surface area contributed by atoms with Crippen molar-refractivity contribution in [1.82, 2.24) is 4.98 Å². The molecule has 0 aliphatic carbocycles. The van der Waals surface area contributed by atoms with Crippen LogP contribution in [0.25, 0.3) is 22.2 Å². The topological polar surface area (TPSA) is 41.8 Å². The van der Waals surface area contributed by atoms with Crippen molar-refractivity contribution >= 4 is 34.1 Å². The van der Waals surface area contributed by atoms with Gasteiger partial charge < -0.3 is 10.7 Å². The average molecular weight is 361 g/mol. The van der Waals surface area contributed by atoms with Gasteiger partial charge in [0.05, 0.1) is 15.7 Å². The lowest BCUT2D eigenvalue weighted by molar-refractivity contribution is 0.748. The monoisotopic (exact) mass is 360 g/mol. The van der Waals surface area contributed by atoms with E-state index in [1.165, 1.54) is 27.6 Å². The Balaban J connectivity index is 2.25. The highest BCUT2D eigenvalue weighted by atomic mass is 35.5. The zero-order valence-electron chi connectivity index (χ0n) is 14.0. The van der Waals surface area contributed by atoms with Crippen molar-refractivity contribution in [1.29, 1.82) is 0 Å². The fourth-order valence-corrected chi connectivity index (χ4v) is 3.81. The maximum atomic E-state index is 6.47. The van der Waals surface area contributed by atoms with Gasteiger partial charge in [-0.2, -0.15) is 0 Å². The van der Waals surface area contributed by atoms with Gasteiger partial charge in [0.2, 0.25) is 0 Å². The smallest absolute Gasteiger partial charge is 0.0527 e. The third kappa shape index (κ3) is 3.06. The van der Waals surface area contributed by atoms with Crippen molar-refractivity contribution in [3.63, 3.8) is 0 Å². The molecule has 0 unspecified atom stereocenters. The molecule has 0 amide bonds. The van der Waals surface area contributed by atoms with Crippen molar-refractivity contribution in [2.24, 2.45) is 5.73 Å². The molecule has 0 spiro atoms. The first-order valence-electron chi connectivity index (χ1n) is 8.29. The number of benzene rings is 2. The molecule has 0 radical (unpaired) electrons. The third-order valence-corrected chi connectivity index (χ3v) is 5.34. The Kier molecular flexibility index (Phi) is 5.19. The molecule has 0 aliphatic heterocycles. The van der Waals surface area contributed by atoms with Gasteiger partial charge in [0.1, 0.15) is 0 Å². The van der Waals surface area contributed by atoms with E-state index in [1.807, 2.05) is 18.2 Å². The van der Waals surface area contributed by atoms with E-state index >= 15 is 0 Å². The van der Waals surface area contributed by atoms with Crippen LogP contribution in [0.5, 0.6) is 0 Å². The zero-order chi connectivity index (χ0) is 17.3. The van der Waals surface area contributed by atoms with Crippen LogP contribution in [0.1, 0.15) is 29.5 Å². The van der Waals surface area contributed by atoms with Gasteiger partial charge in [0, 0.05) is 16.5 Å². The van der Waals surface area contributed by atoms with Crippen molar-refractivity contribution in [2.45, 2.75) is 33.1 Å². The summed E-state index contributed by atoms with van der Waals surface area (Å²) in [7, 11) is 0. The van der Waals surface area contributed by atoms with Gasteiger partial charge in [-0.05, 0) is 68.5 Å². The van der Waals surface area contributed by atoms with Crippen LogP contribution in [0.15, 0.2) is 30.3 Å². The molecule has 3 rings (SSSR count). The number of H-pyrrole nitrogens is 1. The van der Waals surface area contributed by atoms with Crippen LogP contribution < -0.4 is 5.73 Å². The highest BCUT2D eigenvalue weighted by Crippen LogP contribution is 2.40. The maximum absolute atomic E-state index is 6.47. The number of aromatic amines is 1. The molecule has 2 nitrogen and oxygen atoms in total. The predicted octanol–water partition coefficient (Wildman–Crippen LogP) is 6.04. The lowest BCUT2D eigenvalue weighted by atomic mass is 9.98. The summed E-state index contributed by atoms with van der Waals surface area (Å²) in [6.45, 7) is 4.99. The second kappa shape index (κ2) is 7.18. The first-order valence-corrected chi connectivity index (χ1v) is 9.05. The number of hydrogen-bond donors (Lipinski definition) is 2. The predicted molar refractivity (Wildman–Crippen MR) is 105 cm³/mol. The van der Waals surface area contributed by atoms with Crippen molar-refractivity contribution in [3.05, 3.63) is 57.1 Å². The molecule has 1 heterocycles. The van der Waals surface area contributed by atoms with E-state index in [1.54, 1.807) is 0 Å². The van der Waals surface area contributed by atoms with E-state index in [0.717, 1.165) is 30.5 Å². The van der Waals surface area contributed by atoms with E-state index in [-0.39, 0.29) is 0 Å². The molecule has 126 valence electrons. The lowest BCUT2D eigenvalue weighted by Crippen LogP contribution is -1.99. The van der Waals surface area contributed by atoms with Gasteiger partial charge in [0.25, 0.3) is 0 Å². The number of aromatic nitrogens is 1. The van der Waals surface area contributed by atoms with Crippen LogP contribution in [-0.2, 0) is 6.42 Å². The van der Waals surface area contributed by atoms with Crippen LogP contribution in [0.4, 0.5) is 0 Å². The summed E-state index contributed by atoms with van der Waals surface area (Å²) in [5.41, 5.74) is 12.6. The second-order valence-electron chi connectivity index (χ2n) is 6.25. The minimum atomic E-state index is 0.670. The molecule has 24 heavy (non-hydrogen) atoms. The Bertz CT molecular complexity index is 861. The van der Waals surface area contributed by atoms with E-state index in [2.05, 4.69) is 31.0 Å². The number of rotatable bonds is 5. The van der Waals surface area contributed by atoms with Gasteiger partial charge in [-0.15, -0.1) is 0 Å². The van der Waals surface area contributed by atoms with E-state index in [9.17, 15) is 0 Å². The van der Waals surface area contributed by atoms with Gasteiger partial charge in [-0.1, -0.05) is 41.4 Å². The minimum absolute atomic E-state index is 0.670. The first-order chi connectivity index (χ1) is 11.5. The van der Waals surface area contributed by atoms with Crippen LogP contribution in [0.3, 0.4) is 0 Å². The Morgan fingerprint density at radius 1 is 1.00 bits per heavy atom. The normalized spacial score (nSPS) is 11.4. The fraction of sp³-hybridized carbons (Fsp3) is 0.300. The average Bonchev–Trinajstić information content (AvgIpc) is 2.90. The van der Waals surface area contributed by atoms with Crippen LogP contribution >= 0.6 is 23.2 Å². The molecule has 3 N–H and O–H groups in total. The van der Waals surface area contributed by atoms with Crippen LogP contribution in [0, 0.1) is 13.8 Å². The summed E-state index contributed by atoms with van der Waals surface area (Å²) in [4.78, 5) is 3.60. The van der Waals surface area contributed by atoms with Gasteiger partial charge in [-0.25, -0.2) is 0 Å². The highest BCUT2D eigenvalue weighted by molar-refractivity contribution is 6.39.